The van der Waals surface area contributed by atoms with Gasteiger partial charge in [-0.25, -0.2) is 4.39 Å². The van der Waals surface area contributed by atoms with E-state index >= 15 is 0 Å². The Morgan fingerprint density at radius 2 is 2.04 bits per heavy atom. The highest BCUT2D eigenvalue weighted by Gasteiger charge is 2.31. The third-order valence-corrected chi connectivity index (χ3v) is 4.49. The van der Waals surface area contributed by atoms with Crippen LogP contribution in [0.2, 0.25) is 5.02 Å². The quantitative estimate of drug-likeness (QED) is 0.798. The summed E-state index contributed by atoms with van der Waals surface area (Å²) >= 11 is 5.97. The highest BCUT2D eigenvalue weighted by atomic mass is 35.5. The van der Waals surface area contributed by atoms with Crippen molar-refractivity contribution in [3.63, 3.8) is 0 Å². The molecule has 4 nitrogen and oxygen atoms in total. The van der Waals surface area contributed by atoms with E-state index in [9.17, 15) is 14.0 Å². The van der Waals surface area contributed by atoms with E-state index in [-0.39, 0.29) is 28.8 Å². The van der Waals surface area contributed by atoms with Crippen molar-refractivity contribution >= 4 is 23.3 Å². The third-order valence-electron chi connectivity index (χ3n) is 4.17. The Labute approximate surface area is 144 Å². The summed E-state index contributed by atoms with van der Waals surface area (Å²) < 4.78 is 14.0. The van der Waals surface area contributed by atoms with Crippen LogP contribution in [0, 0.1) is 11.7 Å². The average molecular weight is 347 g/mol. The number of hydrogen-bond donors (Lipinski definition) is 0. The second-order valence-electron chi connectivity index (χ2n) is 5.77. The normalized spacial score (nSPS) is 17.6. The molecule has 1 aliphatic heterocycles. The number of ketones is 1. The van der Waals surface area contributed by atoms with Crippen molar-refractivity contribution in [2.45, 2.75) is 12.8 Å². The molecule has 0 bridgehead atoms. The Morgan fingerprint density at radius 1 is 1.21 bits per heavy atom. The van der Waals surface area contributed by atoms with Gasteiger partial charge in [-0.2, -0.15) is 0 Å². The van der Waals surface area contributed by atoms with Crippen LogP contribution in [0.25, 0.3) is 0 Å². The van der Waals surface area contributed by atoms with Crippen LogP contribution in [0.4, 0.5) is 4.39 Å². The molecule has 1 aliphatic rings. The van der Waals surface area contributed by atoms with Crippen LogP contribution in [0.3, 0.4) is 0 Å². The molecule has 0 unspecified atom stereocenters. The number of piperidine rings is 1. The summed E-state index contributed by atoms with van der Waals surface area (Å²) in [5.41, 5.74) is 0.255. The average Bonchev–Trinajstić information content (AvgIpc) is 2.61. The first-order chi connectivity index (χ1) is 11.6. The number of nitrogens with zero attached hydrogens (tertiary/aromatic N) is 2. The summed E-state index contributed by atoms with van der Waals surface area (Å²) in [4.78, 5) is 30.7. The van der Waals surface area contributed by atoms with Crippen LogP contribution in [0.1, 0.15) is 33.7 Å². The first-order valence-electron chi connectivity index (χ1n) is 7.76. The zero-order chi connectivity index (χ0) is 17.1. The Hall–Kier alpha value is -2.27. The SMILES string of the molecule is O=C(c1ccccn1)[C@@H]1CCCN(C(=O)c2c(F)cccc2Cl)C1. The smallest absolute Gasteiger partial charge is 0.258 e. The van der Waals surface area contributed by atoms with Gasteiger partial charge < -0.3 is 4.90 Å². The van der Waals surface area contributed by atoms with E-state index in [1.165, 1.54) is 23.1 Å². The second-order valence-corrected chi connectivity index (χ2v) is 6.17. The molecule has 1 atom stereocenters. The predicted molar refractivity (Wildman–Crippen MR) is 88.6 cm³/mol. The van der Waals surface area contributed by atoms with Gasteiger partial charge in [0.05, 0.1) is 10.6 Å². The number of hydrogen-bond acceptors (Lipinski definition) is 3. The molecular weight excluding hydrogens is 331 g/mol. The highest BCUT2D eigenvalue weighted by molar-refractivity contribution is 6.33. The van der Waals surface area contributed by atoms with Crippen molar-refractivity contribution < 1.29 is 14.0 Å². The molecule has 0 spiro atoms. The summed E-state index contributed by atoms with van der Waals surface area (Å²) in [6.45, 7) is 0.731. The Balaban J connectivity index is 1.78. The van der Waals surface area contributed by atoms with Gasteiger partial charge in [0.1, 0.15) is 11.5 Å². The van der Waals surface area contributed by atoms with Gasteiger partial charge in [-0.3, -0.25) is 14.6 Å². The lowest BCUT2D eigenvalue weighted by Gasteiger charge is -2.32. The minimum atomic E-state index is -0.648. The summed E-state index contributed by atoms with van der Waals surface area (Å²) in [5.74, 6) is -1.54. The maximum atomic E-state index is 14.0. The second kappa shape index (κ2) is 7.09. The molecule has 0 radical (unpaired) electrons. The van der Waals surface area contributed by atoms with Crippen LogP contribution in [0.15, 0.2) is 42.6 Å². The number of carbonyl (C=O) groups excluding carboxylic acids is 2. The molecule has 6 heteroatoms. The Bertz CT molecular complexity index is 747. The number of rotatable bonds is 3. The monoisotopic (exact) mass is 346 g/mol. The molecule has 3 rings (SSSR count). The van der Waals surface area contributed by atoms with E-state index in [2.05, 4.69) is 4.98 Å². The molecule has 1 amide bonds. The van der Waals surface area contributed by atoms with Crippen LogP contribution in [0.5, 0.6) is 0 Å². The highest BCUT2D eigenvalue weighted by Crippen LogP contribution is 2.25. The number of aromatic nitrogens is 1. The maximum Gasteiger partial charge on any atom is 0.258 e. The minimum absolute atomic E-state index is 0.0816. The molecule has 2 heterocycles. The third kappa shape index (κ3) is 3.31. The molecule has 24 heavy (non-hydrogen) atoms. The maximum absolute atomic E-state index is 14.0. The van der Waals surface area contributed by atoms with Gasteiger partial charge in [0.2, 0.25) is 0 Å². The largest absolute Gasteiger partial charge is 0.338 e. The number of pyridine rings is 1. The van der Waals surface area contributed by atoms with Crippen LogP contribution < -0.4 is 0 Å². The molecule has 1 saturated heterocycles. The van der Waals surface area contributed by atoms with E-state index < -0.39 is 11.7 Å². The molecule has 1 fully saturated rings. The topological polar surface area (TPSA) is 50.3 Å². The molecule has 0 saturated carbocycles. The summed E-state index contributed by atoms with van der Waals surface area (Å²) in [6, 6.07) is 9.31. The van der Waals surface area contributed by atoms with Gasteiger partial charge in [0.15, 0.2) is 5.78 Å². The predicted octanol–water partition coefficient (Wildman–Crippen LogP) is 3.61. The number of likely N-dealkylation sites (tertiary alicyclic amines) is 1. The summed E-state index contributed by atoms with van der Waals surface area (Å²) in [6.07, 6.45) is 2.93. The van der Waals surface area contributed by atoms with Crippen molar-refractivity contribution in [2.24, 2.45) is 5.92 Å². The first kappa shape index (κ1) is 16.6. The molecule has 1 aromatic carbocycles. The van der Waals surface area contributed by atoms with E-state index in [4.69, 9.17) is 11.6 Å². The number of carbonyl (C=O) groups is 2. The number of Topliss-reactive ketones (excluding diaryl/α,β-unsaturated/α-hetero) is 1. The fourth-order valence-electron chi connectivity index (χ4n) is 2.95. The van der Waals surface area contributed by atoms with Crippen LogP contribution in [-0.2, 0) is 0 Å². The summed E-state index contributed by atoms with van der Waals surface area (Å²) in [5, 5.41) is 0.0816. The number of amides is 1. The van der Waals surface area contributed by atoms with Crippen molar-refractivity contribution in [1.29, 1.82) is 0 Å². The van der Waals surface area contributed by atoms with E-state index in [1.54, 1.807) is 24.4 Å². The molecular formula is C18H16ClFN2O2. The van der Waals surface area contributed by atoms with Crippen molar-refractivity contribution in [1.82, 2.24) is 9.88 Å². The number of halogens is 2. The van der Waals surface area contributed by atoms with Crippen LogP contribution >= 0.6 is 11.6 Å². The van der Waals surface area contributed by atoms with Gasteiger partial charge in [-0.15, -0.1) is 0 Å². The zero-order valence-corrected chi connectivity index (χ0v) is 13.7. The first-order valence-corrected chi connectivity index (χ1v) is 8.14. The van der Waals surface area contributed by atoms with Gasteiger partial charge in [-0.05, 0) is 37.1 Å². The van der Waals surface area contributed by atoms with Crippen molar-refractivity contribution in [3.8, 4) is 0 Å². The molecule has 1 aromatic heterocycles. The lowest BCUT2D eigenvalue weighted by Crippen LogP contribution is -2.42. The van der Waals surface area contributed by atoms with Gasteiger partial charge >= 0.3 is 0 Å². The zero-order valence-electron chi connectivity index (χ0n) is 12.9. The number of benzene rings is 1. The van der Waals surface area contributed by atoms with Gasteiger partial charge in [0.25, 0.3) is 5.91 Å². The van der Waals surface area contributed by atoms with Crippen molar-refractivity contribution in [2.75, 3.05) is 13.1 Å². The van der Waals surface area contributed by atoms with Gasteiger partial charge in [0, 0.05) is 25.2 Å². The van der Waals surface area contributed by atoms with E-state index in [1.807, 2.05) is 0 Å². The molecule has 124 valence electrons. The fourth-order valence-corrected chi connectivity index (χ4v) is 3.20. The standard InChI is InChI=1S/C18H16ClFN2O2/c19-13-6-3-7-14(20)16(13)18(24)22-10-4-5-12(11-22)17(23)15-8-1-2-9-21-15/h1-3,6-9,12H,4-5,10-11H2/t12-/m1/s1. The van der Waals surface area contributed by atoms with E-state index in [0.717, 1.165) is 0 Å². The van der Waals surface area contributed by atoms with Gasteiger partial charge in [-0.1, -0.05) is 23.7 Å². The molecule has 0 aliphatic carbocycles. The lowest BCUT2D eigenvalue weighted by molar-refractivity contribution is 0.0632. The molecule has 0 N–H and O–H groups in total. The Kier molecular flexibility index (Phi) is 4.90. The summed E-state index contributed by atoms with van der Waals surface area (Å²) in [7, 11) is 0. The minimum Gasteiger partial charge on any atom is -0.338 e. The van der Waals surface area contributed by atoms with Crippen molar-refractivity contribution in [3.05, 3.63) is 64.7 Å². The molecule has 2 aromatic rings. The lowest BCUT2D eigenvalue weighted by atomic mass is 9.91. The van der Waals surface area contributed by atoms with E-state index in [0.29, 0.717) is 25.1 Å². The van der Waals surface area contributed by atoms with Crippen LogP contribution in [-0.4, -0.2) is 34.7 Å². The fraction of sp³-hybridized carbons (Fsp3) is 0.278. The Morgan fingerprint density at radius 3 is 2.75 bits per heavy atom.